The Kier molecular flexibility index (Phi) is 4.06. The summed E-state index contributed by atoms with van der Waals surface area (Å²) in [6.07, 6.45) is 3.37. The number of amides is 1. The second-order valence-electron chi connectivity index (χ2n) is 6.29. The second-order valence-corrected chi connectivity index (χ2v) is 6.29. The molecule has 112 valence electrons. The highest BCUT2D eigenvalue weighted by molar-refractivity contribution is 5.76. The lowest BCUT2D eigenvalue weighted by atomic mass is 9.78. The summed E-state index contributed by atoms with van der Waals surface area (Å²) in [6.45, 7) is 10.3. The van der Waals surface area contributed by atoms with Crippen molar-refractivity contribution in [2.45, 2.75) is 53.5 Å². The molecule has 0 saturated carbocycles. The molecule has 0 spiro atoms. The van der Waals surface area contributed by atoms with E-state index in [0.717, 1.165) is 37.3 Å². The predicted octanol–water partition coefficient (Wildman–Crippen LogP) is 2.12. The van der Waals surface area contributed by atoms with Crippen LogP contribution in [-0.4, -0.2) is 33.7 Å². The molecule has 1 aromatic heterocycles. The second kappa shape index (κ2) is 5.46. The summed E-state index contributed by atoms with van der Waals surface area (Å²) in [5.41, 5.74) is 8.67. The average molecular weight is 278 g/mol. The van der Waals surface area contributed by atoms with Crippen molar-refractivity contribution in [3.05, 3.63) is 11.4 Å². The zero-order chi connectivity index (χ0) is 14.9. The van der Waals surface area contributed by atoms with Gasteiger partial charge < -0.3 is 10.6 Å². The number of rotatable bonds is 3. The SMILES string of the molecule is CCC1(C)CCN(C(=O)Cn2nc(C)c(N)c2C)CC1. The first kappa shape index (κ1) is 14.9. The van der Waals surface area contributed by atoms with E-state index in [1.807, 2.05) is 18.7 Å². The van der Waals surface area contributed by atoms with E-state index in [1.54, 1.807) is 4.68 Å². The number of hydrogen-bond acceptors (Lipinski definition) is 3. The Morgan fingerprint density at radius 3 is 2.40 bits per heavy atom. The average Bonchev–Trinajstić information content (AvgIpc) is 2.67. The predicted molar refractivity (Wildman–Crippen MR) is 80.3 cm³/mol. The maximum absolute atomic E-state index is 12.4. The van der Waals surface area contributed by atoms with Crippen LogP contribution in [0.2, 0.25) is 0 Å². The summed E-state index contributed by atoms with van der Waals surface area (Å²) >= 11 is 0. The van der Waals surface area contributed by atoms with E-state index in [9.17, 15) is 4.79 Å². The van der Waals surface area contributed by atoms with E-state index in [2.05, 4.69) is 18.9 Å². The first-order valence-corrected chi connectivity index (χ1v) is 7.43. The number of nitrogens with two attached hydrogens (primary N) is 1. The molecule has 1 saturated heterocycles. The fourth-order valence-electron chi connectivity index (χ4n) is 2.74. The third-order valence-corrected chi connectivity index (χ3v) is 4.90. The van der Waals surface area contributed by atoms with Crippen LogP contribution in [0, 0.1) is 19.3 Å². The van der Waals surface area contributed by atoms with E-state index in [1.165, 1.54) is 6.42 Å². The maximum atomic E-state index is 12.4. The summed E-state index contributed by atoms with van der Waals surface area (Å²) in [7, 11) is 0. The van der Waals surface area contributed by atoms with E-state index in [-0.39, 0.29) is 5.91 Å². The first-order chi connectivity index (χ1) is 9.36. The van der Waals surface area contributed by atoms with Crippen LogP contribution in [0.1, 0.15) is 44.5 Å². The molecule has 0 atom stereocenters. The molecule has 1 amide bonds. The number of likely N-dealkylation sites (tertiary alicyclic amines) is 1. The minimum atomic E-state index is 0.147. The standard InChI is InChI=1S/C15H26N4O/c1-5-15(4)6-8-18(9-7-15)13(20)10-19-12(3)14(16)11(2)17-19/h5-10,16H2,1-4H3. The largest absolute Gasteiger partial charge is 0.396 e. The highest BCUT2D eigenvalue weighted by Crippen LogP contribution is 2.33. The Balaban J connectivity index is 1.98. The summed E-state index contributed by atoms with van der Waals surface area (Å²) in [5, 5.41) is 4.33. The van der Waals surface area contributed by atoms with Crippen molar-refractivity contribution in [2.75, 3.05) is 18.8 Å². The Morgan fingerprint density at radius 1 is 1.35 bits per heavy atom. The number of piperidine rings is 1. The minimum absolute atomic E-state index is 0.147. The molecule has 0 unspecified atom stereocenters. The van der Waals surface area contributed by atoms with Crippen LogP contribution < -0.4 is 5.73 Å². The lowest BCUT2D eigenvalue weighted by Gasteiger charge is -2.38. The molecule has 5 heteroatoms. The van der Waals surface area contributed by atoms with Gasteiger partial charge in [0, 0.05) is 13.1 Å². The van der Waals surface area contributed by atoms with Gasteiger partial charge in [0.2, 0.25) is 5.91 Å². The van der Waals surface area contributed by atoms with E-state index >= 15 is 0 Å². The van der Waals surface area contributed by atoms with Crippen LogP contribution in [0.5, 0.6) is 0 Å². The van der Waals surface area contributed by atoms with Crippen LogP contribution >= 0.6 is 0 Å². The number of aryl methyl sites for hydroxylation is 1. The van der Waals surface area contributed by atoms with Crippen molar-refractivity contribution < 1.29 is 4.79 Å². The number of carbonyl (C=O) groups is 1. The van der Waals surface area contributed by atoms with E-state index in [0.29, 0.717) is 17.6 Å². The molecule has 1 fully saturated rings. The highest BCUT2D eigenvalue weighted by atomic mass is 16.2. The minimum Gasteiger partial charge on any atom is -0.396 e. The summed E-state index contributed by atoms with van der Waals surface area (Å²) in [6, 6.07) is 0. The molecule has 5 nitrogen and oxygen atoms in total. The number of nitrogen functional groups attached to an aromatic ring is 1. The summed E-state index contributed by atoms with van der Waals surface area (Å²) < 4.78 is 1.72. The Hall–Kier alpha value is -1.52. The summed E-state index contributed by atoms with van der Waals surface area (Å²) in [4.78, 5) is 14.3. The van der Waals surface area contributed by atoms with Gasteiger partial charge in [0.05, 0.1) is 17.1 Å². The molecule has 0 aromatic carbocycles. The molecule has 1 aliphatic heterocycles. The molecule has 0 radical (unpaired) electrons. The zero-order valence-corrected chi connectivity index (χ0v) is 13.1. The van der Waals surface area contributed by atoms with E-state index in [4.69, 9.17) is 5.73 Å². The topological polar surface area (TPSA) is 64.2 Å². The van der Waals surface area contributed by atoms with Gasteiger partial charge in [0.15, 0.2) is 0 Å². The van der Waals surface area contributed by atoms with Crippen molar-refractivity contribution in [1.82, 2.24) is 14.7 Å². The van der Waals surface area contributed by atoms with Gasteiger partial charge in [0.1, 0.15) is 6.54 Å². The fraction of sp³-hybridized carbons (Fsp3) is 0.733. The van der Waals surface area contributed by atoms with Crippen LogP contribution in [-0.2, 0) is 11.3 Å². The molecular weight excluding hydrogens is 252 g/mol. The Labute approximate surface area is 121 Å². The smallest absolute Gasteiger partial charge is 0.244 e. The fourth-order valence-corrected chi connectivity index (χ4v) is 2.74. The van der Waals surface area contributed by atoms with Gasteiger partial charge in [-0.15, -0.1) is 0 Å². The molecule has 1 aromatic rings. The number of anilines is 1. The van der Waals surface area contributed by atoms with Crippen molar-refractivity contribution in [2.24, 2.45) is 5.41 Å². The van der Waals surface area contributed by atoms with Gasteiger partial charge in [-0.2, -0.15) is 5.10 Å². The molecule has 0 bridgehead atoms. The van der Waals surface area contributed by atoms with Gasteiger partial charge >= 0.3 is 0 Å². The first-order valence-electron chi connectivity index (χ1n) is 7.43. The van der Waals surface area contributed by atoms with Gasteiger partial charge in [-0.25, -0.2) is 0 Å². The Morgan fingerprint density at radius 2 is 1.95 bits per heavy atom. The van der Waals surface area contributed by atoms with Crippen LogP contribution in [0.4, 0.5) is 5.69 Å². The van der Waals surface area contributed by atoms with Gasteiger partial charge in [-0.1, -0.05) is 20.3 Å². The van der Waals surface area contributed by atoms with Gasteiger partial charge in [0.25, 0.3) is 0 Å². The Bertz CT molecular complexity index is 498. The molecule has 1 aliphatic rings. The van der Waals surface area contributed by atoms with Crippen molar-refractivity contribution in [3.63, 3.8) is 0 Å². The molecule has 20 heavy (non-hydrogen) atoms. The van der Waals surface area contributed by atoms with Crippen molar-refractivity contribution >= 4 is 11.6 Å². The van der Waals surface area contributed by atoms with Crippen molar-refractivity contribution in [1.29, 1.82) is 0 Å². The highest BCUT2D eigenvalue weighted by Gasteiger charge is 2.30. The van der Waals surface area contributed by atoms with Gasteiger partial charge in [-0.05, 0) is 32.1 Å². The lowest BCUT2D eigenvalue weighted by Crippen LogP contribution is -2.43. The molecule has 2 heterocycles. The molecule has 2 N–H and O–H groups in total. The van der Waals surface area contributed by atoms with Crippen molar-refractivity contribution in [3.8, 4) is 0 Å². The summed E-state index contributed by atoms with van der Waals surface area (Å²) in [5.74, 6) is 0.147. The molecule has 0 aliphatic carbocycles. The zero-order valence-electron chi connectivity index (χ0n) is 13.1. The third-order valence-electron chi connectivity index (χ3n) is 4.90. The van der Waals surface area contributed by atoms with Crippen LogP contribution in [0.3, 0.4) is 0 Å². The normalized spacial score (nSPS) is 18.3. The molecule has 2 rings (SSSR count). The number of aromatic nitrogens is 2. The quantitative estimate of drug-likeness (QED) is 0.921. The maximum Gasteiger partial charge on any atom is 0.244 e. The monoisotopic (exact) mass is 278 g/mol. The number of nitrogens with zero attached hydrogens (tertiary/aromatic N) is 3. The van der Waals surface area contributed by atoms with Crippen LogP contribution in [0.15, 0.2) is 0 Å². The number of carbonyl (C=O) groups excluding carboxylic acids is 1. The van der Waals surface area contributed by atoms with E-state index < -0.39 is 0 Å². The number of hydrogen-bond donors (Lipinski definition) is 1. The lowest BCUT2D eigenvalue weighted by molar-refractivity contribution is -0.134. The van der Waals surface area contributed by atoms with Crippen LogP contribution in [0.25, 0.3) is 0 Å². The molecular formula is C15H26N4O. The van der Waals surface area contributed by atoms with Gasteiger partial charge in [-0.3, -0.25) is 9.48 Å². The third kappa shape index (κ3) is 2.81.